The van der Waals surface area contributed by atoms with Gasteiger partial charge in [-0.1, -0.05) is 0 Å². The third kappa shape index (κ3) is 6.37. The van der Waals surface area contributed by atoms with Crippen LogP contribution in [0.4, 0.5) is 11.5 Å². The van der Waals surface area contributed by atoms with Crippen molar-refractivity contribution in [2.45, 2.75) is 25.7 Å². The van der Waals surface area contributed by atoms with Crippen LogP contribution in [0.2, 0.25) is 0 Å². The molecule has 0 aliphatic carbocycles. The summed E-state index contributed by atoms with van der Waals surface area (Å²) >= 11 is 0. The van der Waals surface area contributed by atoms with E-state index in [9.17, 15) is 4.79 Å². The van der Waals surface area contributed by atoms with Crippen LogP contribution in [-0.2, 0) is 9.53 Å². The second-order valence-corrected chi connectivity index (χ2v) is 7.87. The fourth-order valence-electron chi connectivity index (χ4n) is 3.61. The molecule has 0 radical (unpaired) electrons. The van der Waals surface area contributed by atoms with E-state index in [1.807, 2.05) is 36.4 Å². The molecule has 3 N–H and O–H groups in total. The van der Waals surface area contributed by atoms with E-state index < -0.39 is 0 Å². The molecule has 0 aliphatic heterocycles. The number of hydroxylamine groups is 1. The Morgan fingerprint density at radius 2 is 1.86 bits per heavy atom. The minimum absolute atomic E-state index is 0.276. The third-order valence-corrected chi connectivity index (χ3v) is 5.39. The van der Waals surface area contributed by atoms with Gasteiger partial charge in [0.1, 0.15) is 24.3 Å². The van der Waals surface area contributed by atoms with Crippen molar-refractivity contribution in [1.82, 2.24) is 15.4 Å². The number of carbonyl (C=O) groups excluding carboxylic acids is 1. The zero-order chi connectivity index (χ0) is 24.5. The maximum absolute atomic E-state index is 11.1. The molecule has 0 unspecified atom stereocenters. The van der Waals surface area contributed by atoms with Crippen LogP contribution in [0.25, 0.3) is 21.9 Å². The lowest BCUT2D eigenvalue weighted by atomic mass is 10.2. The van der Waals surface area contributed by atoms with E-state index in [1.165, 1.54) is 6.33 Å². The van der Waals surface area contributed by atoms with E-state index in [1.54, 1.807) is 18.9 Å². The first-order valence-electron chi connectivity index (χ1n) is 11.4. The summed E-state index contributed by atoms with van der Waals surface area (Å²) in [6, 6.07) is 11.4. The van der Waals surface area contributed by atoms with Gasteiger partial charge in [-0.2, -0.15) is 0 Å². The highest BCUT2D eigenvalue weighted by Gasteiger charge is 2.13. The van der Waals surface area contributed by atoms with Gasteiger partial charge in [0.25, 0.3) is 0 Å². The molecular weight excluding hydrogens is 452 g/mol. The monoisotopic (exact) mass is 480 g/mol. The quantitative estimate of drug-likeness (QED) is 0.143. The summed E-state index contributed by atoms with van der Waals surface area (Å²) in [7, 11) is 1.62. The van der Waals surface area contributed by atoms with E-state index >= 15 is 0 Å². The first kappa shape index (κ1) is 24.2. The zero-order valence-electron chi connectivity index (χ0n) is 19.5. The Kier molecular flexibility index (Phi) is 8.31. The van der Waals surface area contributed by atoms with Crippen LogP contribution < -0.4 is 20.3 Å². The molecule has 2 aromatic heterocycles. The maximum Gasteiger partial charge on any atom is 0.243 e. The Morgan fingerprint density at radius 3 is 2.71 bits per heavy atom. The number of hydrogen-bond donors (Lipinski definition) is 3. The van der Waals surface area contributed by atoms with Crippen LogP contribution in [0, 0.1) is 0 Å². The van der Waals surface area contributed by atoms with Crippen molar-refractivity contribution in [3.63, 3.8) is 0 Å². The van der Waals surface area contributed by atoms with Gasteiger partial charge in [0.15, 0.2) is 11.5 Å². The molecule has 1 amide bonds. The normalized spacial score (nSPS) is 11.0. The summed E-state index contributed by atoms with van der Waals surface area (Å²) in [5.41, 5.74) is 4.03. The molecular formula is C25H28N4O6. The number of benzene rings is 2. The van der Waals surface area contributed by atoms with Crippen molar-refractivity contribution in [3.05, 3.63) is 49.0 Å². The van der Waals surface area contributed by atoms with Gasteiger partial charge < -0.3 is 23.9 Å². The highest BCUT2D eigenvalue weighted by Crippen LogP contribution is 2.35. The van der Waals surface area contributed by atoms with E-state index in [-0.39, 0.29) is 12.3 Å². The zero-order valence-corrected chi connectivity index (χ0v) is 19.5. The summed E-state index contributed by atoms with van der Waals surface area (Å²) in [4.78, 5) is 20.0. The van der Waals surface area contributed by atoms with Crippen LogP contribution in [0.3, 0.4) is 0 Å². The van der Waals surface area contributed by atoms with E-state index in [0.29, 0.717) is 49.1 Å². The van der Waals surface area contributed by atoms with Crippen molar-refractivity contribution in [2.24, 2.45) is 0 Å². The number of methoxy groups -OCH3 is 1. The lowest BCUT2D eigenvalue weighted by molar-refractivity contribution is -0.129. The lowest BCUT2D eigenvalue weighted by Gasteiger charge is -2.15. The standard InChI is InChI=1S/C25H28N4O6/c1-32-11-12-35-22-14-19-20(15-23(22)33-9-4-2-3-5-24(30)29-31)26-16-27-25(19)28-18-6-7-21-17(13-18)8-10-34-21/h6-8,10,13-16,31H,2-5,9,11-12H2,1H3,(H,29,30)(H,26,27,28). The molecule has 184 valence electrons. The molecule has 10 nitrogen and oxygen atoms in total. The molecule has 0 saturated heterocycles. The van der Waals surface area contributed by atoms with Gasteiger partial charge in [0.05, 0.1) is 25.0 Å². The number of fused-ring (bicyclic) bond motifs is 2. The number of anilines is 2. The van der Waals surface area contributed by atoms with Gasteiger partial charge in [-0.05, 0) is 49.6 Å². The fourth-order valence-corrected chi connectivity index (χ4v) is 3.61. The Balaban J connectivity index is 1.51. The molecule has 0 bridgehead atoms. The Hall–Kier alpha value is -3.89. The molecule has 0 spiro atoms. The summed E-state index contributed by atoms with van der Waals surface area (Å²) in [5.74, 6) is 1.40. The number of nitrogens with one attached hydrogen (secondary N) is 2. The summed E-state index contributed by atoms with van der Waals surface area (Å²) < 4.78 is 22.5. The van der Waals surface area contributed by atoms with Gasteiger partial charge in [0, 0.05) is 36.1 Å². The number of ether oxygens (including phenoxy) is 3. The minimum atomic E-state index is -0.386. The lowest BCUT2D eigenvalue weighted by Crippen LogP contribution is -2.17. The van der Waals surface area contributed by atoms with Crippen LogP contribution in [0.5, 0.6) is 11.5 Å². The molecule has 0 aliphatic rings. The molecule has 0 saturated carbocycles. The predicted octanol–water partition coefficient (Wildman–Crippen LogP) is 4.59. The van der Waals surface area contributed by atoms with E-state index in [0.717, 1.165) is 34.9 Å². The predicted molar refractivity (Wildman–Crippen MR) is 130 cm³/mol. The number of carbonyl (C=O) groups is 1. The first-order chi connectivity index (χ1) is 17.2. The van der Waals surface area contributed by atoms with Crippen molar-refractivity contribution in [2.75, 3.05) is 32.2 Å². The van der Waals surface area contributed by atoms with Crippen molar-refractivity contribution in [1.29, 1.82) is 0 Å². The highest BCUT2D eigenvalue weighted by molar-refractivity contribution is 5.93. The number of unbranched alkanes of at least 4 members (excludes halogenated alkanes) is 2. The number of nitrogens with zero attached hydrogens (tertiary/aromatic N) is 2. The molecule has 4 rings (SSSR count). The smallest absolute Gasteiger partial charge is 0.243 e. The van der Waals surface area contributed by atoms with Gasteiger partial charge in [-0.25, -0.2) is 15.4 Å². The SMILES string of the molecule is COCCOc1cc2c(Nc3ccc4occc4c3)ncnc2cc1OCCCCCC(=O)NO. The number of furan rings is 1. The molecule has 0 atom stereocenters. The number of rotatable bonds is 13. The topological polar surface area (TPSA) is 128 Å². The number of amides is 1. The summed E-state index contributed by atoms with van der Waals surface area (Å²) in [6.45, 7) is 1.25. The molecule has 2 aromatic carbocycles. The van der Waals surface area contributed by atoms with Gasteiger partial charge in [0.2, 0.25) is 5.91 Å². The average Bonchev–Trinajstić information content (AvgIpc) is 3.34. The number of hydrogen-bond acceptors (Lipinski definition) is 9. The first-order valence-corrected chi connectivity index (χ1v) is 11.4. The largest absolute Gasteiger partial charge is 0.490 e. The average molecular weight is 481 g/mol. The third-order valence-electron chi connectivity index (χ3n) is 5.39. The highest BCUT2D eigenvalue weighted by atomic mass is 16.5. The van der Waals surface area contributed by atoms with E-state index in [2.05, 4.69) is 15.3 Å². The van der Waals surface area contributed by atoms with Gasteiger partial charge >= 0.3 is 0 Å². The Bertz CT molecular complexity index is 1280. The van der Waals surface area contributed by atoms with Crippen molar-refractivity contribution in [3.8, 4) is 11.5 Å². The van der Waals surface area contributed by atoms with Crippen LogP contribution in [0.15, 0.2) is 53.4 Å². The second-order valence-electron chi connectivity index (χ2n) is 7.87. The van der Waals surface area contributed by atoms with Gasteiger partial charge in [-0.3, -0.25) is 10.0 Å². The van der Waals surface area contributed by atoms with Crippen molar-refractivity contribution >= 4 is 39.3 Å². The molecule has 4 aromatic rings. The van der Waals surface area contributed by atoms with E-state index in [4.69, 9.17) is 23.8 Å². The molecule has 10 heteroatoms. The molecule has 0 fully saturated rings. The maximum atomic E-state index is 11.1. The second kappa shape index (κ2) is 12.0. The Morgan fingerprint density at radius 1 is 1.00 bits per heavy atom. The van der Waals surface area contributed by atoms with Crippen molar-refractivity contribution < 1.29 is 28.6 Å². The number of aromatic nitrogens is 2. The Labute approximate surface area is 202 Å². The van der Waals surface area contributed by atoms with Crippen LogP contribution >= 0.6 is 0 Å². The molecule has 35 heavy (non-hydrogen) atoms. The van der Waals surface area contributed by atoms with Gasteiger partial charge in [-0.15, -0.1) is 0 Å². The minimum Gasteiger partial charge on any atom is -0.490 e. The van der Waals surface area contributed by atoms with Crippen LogP contribution in [0.1, 0.15) is 25.7 Å². The summed E-state index contributed by atoms with van der Waals surface area (Å²) in [5, 5.41) is 13.7. The summed E-state index contributed by atoms with van der Waals surface area (Å²) in [6.07, 6.45) is 5.64. The fraction of sp³-hybridized carbons (Fsp3) is 0.320. The molecule has 2 heterocycles. The van der Waals surface area contributed by atoms with Crippen LogP contribution in [-0.4, -0.2) is 48.0 Å².